The van der Waals surface area contributed by atoms with Gasteiger partial charge in [-0.1, -0.05) is 25.9 Å². The molecule has 114 valence electrons. The summed E-state index contributed by atoms with van der Waals surface area (Å²) in [5.74, 6) is 3.27. The smallest absolute Gasteiger partial charge is 0.138 e. The largest absolute Gasteiger partial charge is 0.373 e. The van der Waals surface area contributed by atoms with Crippen LogP contribution in [0.4, 0.5) is 11.6 Å². The van der Waals surface area contributed by atoms with Gasteiger partial charge in [-0.25, -0.2) is 9.97 Å². The average molecular weight is 289 g/mol. The lowest BCUT2D eigenvalue weighted by Crippen LogP contribution is -2.19. The number of aryl methyl sites for hydroxylation is 1. The third kappa shape index (κ3) is 3.51. The summed E-state index contributed by atoms with van der Waals surface area (Å²) in [6, 6.07) is 1.91. The molecule has 2 aromatic heterocycles. The molecule has 6 heteroatoms. The molecule has 2 heterocycles. The van der Waals surface area contributed by atoms with E-state index in [1.54, 1.807) is 0 Å². The third-order valence-electron chi connectivity index (χ3n) is 3.17. The van der Waals surface area contributed by atoms with Crippen LogP contribution in [0.15, 0.2) is 10.6 Å². The van der Waals surface area contributed by atoms with Crippen molar-refractivity contribution in [3.63, 3.8) is 0 Å². The molecule has 2 aromatic rings. The van der Waals surface area contributed by atoms with E-state index in [4.69, 9.17) is 4.52 Å². The molecule has 0 aromatic carbocycles. The van der Waals surface area contributed by atoms with Crippen molar-refractivity contribution in [3.8, 4) is 0 Å². The van der Waals surface area contributed by atoms with Gasteiger partial charge in [0, 0.05) is 24.1 Å². The zero-order chi connectivity index (χ0) is 15.6. The van der Waals surface area contributed by atoms with E-state index in [2.05, 4.69) is 46.5 Å². The van der Waals surface area contributed by atoms with Crippen molar-refractivity contribution in [2.24, 2.45) is 0 Å². The van der Waals surface area contributed by atoms with E-state index in [1.165, 1.54) is 0 Å². The quantitative estimate of drug-likeness (QED) is 0.901. The molecule has 0 aliphatic heterocycles. The highest BCUT2D eigenvalue weighted by molar-refractivity contribution is 5.57. The Bertz CT molecular complexity index is 627. The van der Waals surface area contributed by atoms with Crippen LogP contribution in [0.1, 0.15) is 43.6 Å². The first-order valence-corrected chi connectivity index (χ1v) is 7.04. The molecule has 0 aliphatic rings. The number of aromatic nitrogens is 3. The third-order valence-corrected chi connectivity index (χ3v) is 3.17. The van der Waals surface area contributed by atoms with Gasteiger partial charge in [0.1, 0.15) is 28.9 Å². The fourth-order valence-electron chi connectivity index (χ4n) is 1.94. The van der Waals surface area contributed by atoms with Gasteiger partial charge in [-0.05, 0) is 13.8 Å². The highest BCUT2D eigenvalue weighted by atomic mass is 16.5. The lowest BCUT2D eigenvalue weighted by atomic mass is 9.95. The second kappa shape index (κ2) is 5.71. The molecule has 0 radical (unpaired) electrons. The monoisotopic (exact) mass is 289 g/mol. The topological polar surface area (TPSA) is 75.9 Å². The van der Waals surface area contributed by atoms with Gasteiger partial charge in [0.2, 0.25) is 0 Å². The van der Waals surface area contributed by atoms with Crippen molar-refractivity contribution < 1.29 is 4.52 Å². The Hall–Kier alpha value is -2.11. The minimum atomic E-state index is -0.111. The first kappa shape index (κ1) is 15.3. The summed E-state index contributed by atoms with van der Waals surface area (Å²) in [5.41, 5.74) is 1.74. The predicted octanol–water partition coefficient (Wildman–Crippen LogP) is 3.03. The van der Waals surface area contributed by atoms with Crippen LogP contribution in [-0.2, 0) is 12.0 Å². The minimum absolute atomic E-state index is 0.111. The zero-order valence-corrected chi connectivity index (χ0v) is 13.5. The highest BCUT2D eigenvalue weighted by Crippen LogP contribution is 2.26. The van der Waals surface area contributed by atoms with Crippen molar-refractivity contribution in [2.75, 3.05) is 17.7 Å². The number of nitrogens with zero attached hydrogens (tertiary/aromatic N) is 3. The fourth-order valence-corrected chi connectivity index (χ4v) is 1.94. The van der Waals surface area contributed by atoms with Crippen molar-refractivity contribution in [3.05, 3.63) is 28.9 Å². The van der Waals surface area contributed by atoms with Crippen LogP contribution in [0, 0.1) is 13.8 Å². The van der Waals surface area contributed by atoms with E-state index in [0.29, 0.717) is 6.54 Å². The van der Waals surface area contributed by atoms with E-state index < -0.39 is 0 Å². The molecule has 0 saturated heterocycles. The first-order valence-electron chi connectivity index (χ1n) is 7.04. The summed E-state index contributed by atoms with van der Waals surface area (Å²) in [6.45, 7) is 10.7. The van der Waals surface area contributed by atoms with E-state index in [9.17, 15) is 0 Å². The second-order valence-corrected chi connectivity index (χ2v) is 6.15. The summed E-state index contributed by atoms with van der Waals surface area (Å²) in [4.78, 5) is 9.24. The Labute approximate surface area is 125 Å². The molecular weight excluding hydrogens is 266 g/mol. The molecule has 0 fully saturated rings. The molecule has 0 aliphatic carbocycles. The Morgan fingerprint density at radius 1 is 1.14 bits per heavy atom. The van der Waals surface area contributed by atoms with Gasteiger partial charge in [0.25, 0.3) is 0 Å². The van der Waals surface area contributed by atoms with E-state index in [-0.39, 0.29) is 5.41 Å². The molecule has 0 amide bonds. The Morgan fingerprint density at radius 3 is 2.33 bits per heavy atom. The van der Waals surface area contributed by atoms with Gasteiger partial charge in [-0.15, -0.1) is 0 Å². The Morgan fingerprint density at radius 2 is 1.81 bits per heavy atom. The van der Waals surface area contributed by atoms with E-state index >= 15 is 0 Å². The van der Waals surface area contributed by atoms with Crippen LogP contribution in [0.2, 0.25) is 0 Å². The summed E-state index contributed by atoms with van der Waals surface area (Å²) >= 11 is 0. The normalized spacial score (nSPS) is 11.5. The maximum Gasteiger partial charge on any atom is 0.138 e. The van der Waals surface area contributed by atoms with Gasteiger partial charge in [-0.2, -0.15) is 0 Å². The van der Waals surface area contributed by atoms with E-state index in [1.807, 2.05) is 27.0 Å². The SMILES string of the molecule is CNc1nc(C(C)(C)C)nc(NCc2cc(C)on2)c1C. The predicted molar refractivity (Wildman–Crippen MR) is 83.6 cm³/mol. The standard InChI is InChI=1S/C15H23N5O/c1-9-7-11(20-21-9)8-17-13-10(2)12(16-6)18-14(19-13)15(3,4)5/h7H,8H2,1-6H3,(H2,16,17,18,19). The van der Waals surface area contributed by atoms with Crippen molar-refractivity contribution in [1.82, 2.24) is 15.1 Å². The molecule has 0 saturated carbocycles. The first-order chi connectivity index (χ1) is 9.81. The van der Waals surface area contributed by atoms with Crippen LogP contribution in [-0.4, -0.2) is 22.2 Å². The number of hydrogen-bond acceptors (Lipinski definition) is 6. The molecule has 0 spiro atoms. The summed E-state index contributed by atoms with van der Waals surface area (Å²) < 4.78 is 5.07. The molecule has 0 unspecified atom stereocenters. The molecule has 21 heavy (non-hydrogen) atoms. The van der Waals surface area contributed by atoms with Crippen molar-refractivity contribution in [2.45, 2.75) is 46.6 Å². The Kier molecular flexibility index (Phi) is 4.16. The Balaban J connectivity index is 2.28. The van der Waals surface area contributed by atoms with E-state index in [0.717, 1.165) is 34.5 Å². The number of rotatable bonds is 4. The van der Waals surface area contributed by atoms with Crippen LogP contribution in [0.3, 0.4) is 0 Å². The van der Waals surface area contributed by atoms with Gasteiger partial charge < -0.3 is 15.2 Å². The summed E-state index contributed by atoms with van der Waals surface area (Å²) in [6.07, 6.45) is 0. The van der Waals surface area contributed by atoms with Gasteiger partial charge in [0.05, 0.1) is 6.54 Å². The molecule has 0 atom stereocenters. The molecule has 0 bridgehead atoms. The van der Waals surface area contributed by atoms with Crippen molar-refractivity contribution >= 4 is 11.6 Å². The minimum Gasteiger partial charge on any atom is -0.373 e. The number of nitrogens with one attached hydrogen (secondary N) is 2. The lowest BCUT2D eigenvalue weighted by molar-refractivity contribution is 0.391. The van der Waals surface area contributed by atoms with Crippen LogP contribution in [0.25, 0.3) is 0 Å². The second-order valence-electron chi connectivity index (χ2n) is 6.15. The van der Waals surface area contributed by atoms with Gasteiger partial charge in [0.15, 0.2) is 0 Å². The number of hydrogen-bond donors (Lipinski definition) is 2. The molecular formula is C15H23N5O. The van der Waals surface area contributed by atoms with Crippen LogP contribution in [0.5, 0.6) is 0 Å². The lowest BCUT2D eigenvalue weighted by Gasteiger charge is -2.20. The zero-order valence-electron chi connectivity index (χ0n) is 13.5. The highest BCUT2D eigenvalue weighted by Gasteiger charge is 2.20. The number of anilines is 2. The molecule has 6 nitrogen and oxygen atoms in total. The van der Waals surface area contributed by atoms with Crippen molar-refractivity contribution in [1.29, 1.82) is 0 Å². The summed E-state index contributed by atoms with van der Waals surface area (Å²) in [7, 11) is 1.87. The van der Waals surface area contributed by atoms with Crippen LogP contribution < -0.4 is 10.6 Å². The summed E-state index contributed by atoms with van der Waals surface area (Å²) in [5, 5.41) is 10.4. The van der Waals surface area contributed by atoms with Gasteiger partial charge in [-0.3, -0.25) is 0 Å². The molecule has 2 rings (SSSR count). The fraction of sp³-hybridized carbons (Fsp3) is 0.533. The van der Waals surface area contributed by atoms with Crippen LogP contribution >= 0.6 is 0 Å². The average Bonchev–Trinajstić information content (AvgIpc) is 2.82. The molecule has 2 N–H and O–H groups in total. The maximum absolute atomic E-state index is 5.07. The maximum atomic E-state index is 5.07. The van der Waals surface area contributed by atoms with Gasteiger partial charge >= 0.3 is 0 Å².